The number of fused-ring (bicyclic) bond motifs is 3. The number of rotatable bonds is 8. The van der Waals surface area contributed by atoms with E-state index in [4.69, 9.17) is 9.47 Å². The normalized spacial score (nSPS) is 17.3. The Hall–Kier alpha value is -4.03. The Bertz CT molecular complexity index is 1410. The first-order chi connectivity index (χ1) is 24.0. The topological polar surface area (TPSA) is 127 Å². The first-order valence-electron chi connectivity index (χ1n) is 18.0. The number of allylic oxidation sites excluding steroid dienone is 1. The molecule has 13 heteroatoms. The van der Waals surface area contributed by atoms with E-state index < -0.39 is 48.1 Å². The summed E-state index contributed by atoms with van der Waals surface area (Å²) in [7, 11) is 0. The number of hydrogen-bond acceptors (Lipinski definition) is 7. The van der Waals surface area contributed by atoms with Gasteiger partial charge in [-0.15, -0.1) is 19.8 Å². The van der Waals surface area contributed by atoms with Crippen molar-refractivity contribution in [2.45, 2.75) is 145 Å². The average molecular weight is 728 g/mol. The van der Waals surface area contributed by atoms with Crippen molar-refractivity contribution in [3.05, 3.63) is 42.1 Å². The maximum Gasteiger partial charge on any atom is 0.573 e. The van der Waals surface area contributed by atoms with Gasteiger partial charge >= 0.3 is 18.4 Å². The molecule has 2 aromatic rings. The van der Waals surface area contributed by atoms with Crippen LogP contribution in [0.3, 0.4) is 0 Å². The molecule has 2 aliphatic rings. The van der Waals surface area contributed by atoms with Crippen LogP contribution in [0.25, 0.3) is 10.9 Å². The first kappa shape index (κ1) is 47.0. The van der Waals surface area contributed by atoms with Gasteiger partial charge in [0.2, 0.25) is 5.91 Å². The number of hydrogen-bond donors (Lipinski definition) is 2. The van der Waals surface area contributed by atoms with Crippen molar-refractivity contribution < 1.29 is 46.9 Å². The Kier molecular flexibility index (Phi) is 20.3. The Morgan fingerprint density at radius 1 is 1.12 bits per heavy atom. The number of carbonyl (C=O) groups excluding carboxylic acids is 2. The Labute approximate surface area is 302 Å². The van der Waals surface area contributed by atoms with Crippen LogP contribution in [-0.2, 0) is 20.7 Å². The van der Waals surface area contributed by atoms with E-state index in [1.165, 1.54) is 43.9 Å². The van der Waals surface area contributed by atoms with Crippen molar-refractivity contribution in [2.75, 3.05) is 13.1 Å². The molecule has 0 radical (unpaired) electrons. The second-order valence-corrected chi connectivity index (χ2v) is 12.2. The molecule has 290 valence electrons. The van der Waals surface area contributed by atoms with Gasteiger partial charge in [0.25, 0.3) is 0 Å². The molecule has 2 amide bonds. The summed E-state index contributed by atoms with van der Waals surface area (Å²) >= 11 is 0. The molecule has 1 spiro atoms. The minimum atomic E-state index is -4.85. The largest absolute Gasteiger partial charge is 0.573 e. The molecule has 2 unspecified atom stereocenters. The molecular formula is C38H60F3N3O7. The molecule has 1 fully saturated rings. The van der Waals surface area contributed by atoms with Crippen LogP contribution in [0.5, 0.6) is 11.5 Å². The molecule has 0 aliphatic carbocycles. The SMILES string of the molecule is C=CCCCCC.CC.CC.CC.Cc1nc2ccc(OC(F)(F)F)cc2c2c1OC1(CC2)CC(C(=O)O)N(C(=O)CNC(=O)OC(C)(C)C)C1. The zero-order valence-corrected chi connectivity index (χ0v) is 32.4. The minimum absolute atomic E-state index is 0.00531. The van der Waals surface area contributed by atoms with Gasteiger partial charge in [-0.3, -0.25) is 4.79 Å². The third-order valence-electron chi connectivity index (χ3n) is 7.37. The minimum Gasteiger partial charge on any atom is -0.483 e. The fraction of sp³-hybridized carbons (Fsp3) is 0.632. The third kappa shape index (κ3) is 15.0. The number of aromatic nitrogens is 1. The van der Waals surface area contributed by atoms with E-state index in [1.807, 2.05) is 47.6 Å². The van der Waals surface area contributed by atoms with E-state index in [0.717, 1.165) is 4.90 Å². The van der Waals surface area contributed by atoms with E-state index in [2.05, 4.69) is 28.5 Å². The van der Waals surface area contributed by atoms with E-state index >= 15 is 0 Å². The van der Waals surface area contributed by atoms with Crippen molar-refractivity contribution in [1.82, 2.24) is 15.2 Å². The first-order valence-corrected chi connectivity index (χ1v) is 18.0. The highest BCUT2D eigenvalue weighted by atomic mass is 19.4. The van der Waals surface area contributed by atoms with Gasteiger partial charge in [0, 0.05) is 17.4 Å². The summed E-state index contributed by atoms with van der Waals surface area (Å²) in [6.07, 6.45) is 2.16. The van der Waals surface area contributed by atoms with Crippen LogP contribution in [-0.4, -0.2) is 69.7 Å². The smallest absolute Gasteiger partial charge is 0.483 e. The maximum absolute atomic E-state index is 12.9. The van der Waals surface area contributed by atoms with Crippen molar-refractivity contribution >= 4 is 28.9 Å². The molecule has 2 N–H and O–H groups in total. The van der Waals surface area contributed by atoms with Crippen molar-refractivity contribution in [1.29, 1.82) is 0 Å². The molecule has 1 aromatic heterocycles. The zero-order chi connectivity index (χ0) is 39.6. The van der Waals surface area contributed by atoms with E-state index in [-0.39, 0.29) is 18.7 Å². The van der Waals surface area contributed by atoms with Gasteiger partial charge in [0.1, 0.15) is 35.3 Å². The number of aliphatic carboxylic acids is 1. The van der Waals surface area contributed by atoms with Gasteiger partial charge in [-0.25, -0.2) is 14.6 Å². The van der Waals surface area contributed by atoms with Crippen LogP contribution in [0.2, 0.25) is 0 Å². The lowest BCUT2D eigenvalue weighted by Crippen LogP contribution is -2.48. The molecule has 2 aliphatic heterocycles. The van der Waals surface area contributed by atoms with Gasteiger partial charge < -0.3 is 29.5 Å². The molecule has 2 atom stereocenters. The molecule has 10 nitrogen and oxygen atoms in total. The van der Waals surface area contributed by atoms with Crippen LogP contribution in [0, 0.1) is 6.92 Å². The van der Waals surface area contributed by atoms with E-state index in [0.29, 0.717) is 40.8 Å². The van der Waals surface area contributed by atoms with Crippen molar-refractivity contribution in [2.24, 2.45) is 0 Å². The van der Waals surface area contributed by atoms with Crippen LogP contribution >= 0.6 is 0 Å². The van der Waals surface area contributed by atoms with E-state index in [9.17, 15) is 32.7 Å². The van der Waals surface area contributed by atoms with Crippen LogP contribution < -0.4 is 14.8 Å². The van der Waals surface area contributed by atoms with E-state index in [1.54, 1.807) is 27.7 Å². The van der Waals surface area contributed by atoms with Gasteiger partial charge in [0.15, 0.2) is 0 Å². The number of halogens is 3. The number of benzene rings is 1. The van der Waals surface area contributed by atoms with Gasteiger partial charge in [0.05, 0.1) is 17.8 Å². The molecule has 4 rings (SSSR count). The molecular weight excluding hydrogens is 667 g/mol. The number of pyridine rings is 1. The number of unbranched alkanes of at least 4 members (excludes halogenated alkanes) is 3. The number of alkyl carbamates (subject to hydrolysis) is 1. The summed E-state index contributed by atoms with van der Waals surface area (Å²) in [6, 6.07) is 2.68. The molecule has 51 heavy (non-hydrogen) atoms. The highest BCUT2D eigenvalue weighted by Crippen LogP contribution is 2.45. The summed E-state index contributed by atoms with van der Waals surface area (Å²) in [5.74, 6) is -1.88. The standard InChI is InChI=1S/C25H28F3N3O7.C7H14.3C2H6/c1-13-20-15(16-9-14(36-25(26,27)28)5-6-17(16)30-13)7-8-24(37-20)10-18(21(33)34)31(12-24)19(32)11-29-22(35)38-23(2,3)4;1-3-5-7-6-4-2;3*1-2/h5-6,9,18H,7-8,10-12H2,1-4H3,(H,29,35)(H,33,34);3H,1,4-7H2,2H3;3*1-2H3. The zero-order valence-electron chi connectivity index (χ0n) is 32.4. The molecule has 3 heterocycles. The second-order valence-electron chi connectivity index (χ2n) is 12.2. The fourth-order valence-electron chi connectivity index (χ4n) is 5.42. The average Bonchev–Trinajstić information content (AvgIpc) is 3.45. The lowest BCUT2D eigenvalue weighted by molar-refractivity contribution is -0.274. The Morgan fingerprint density at radius 3 is 2.27 bits per heavy atom. The highest BCUT2D eigenvalue weighted by Gasteiger charge is 2.52. The predicted octanol–water partition coefficient (Wildman–Crippen LogP) is 9.55. The lowest BCUT2D eigenvalue weighted by Gasteiger charge is -2.36. The number of carboxylic acid groups (broad SMARTS) is 1. The number of likely N-dealkylation sites (tertiary alicyclic amines) is 1. The summed E-state index contributed by atoms with van der Waals surface area (Å²) in [5.41, 5.74) is -0.228. The van der Waals surface area contributed by atoms with Crippen LogP contribution in [0.15, 0.2) is 30.9 Å². The highest BCUT2D eigenvalue weighted by molar-refractivity contribution is 5.88. The fourth-order valence-corrected chi connectivity index (χ4v) is 5.42. The number of ether oxygens (including phenoxy) is 3. The number of nitrogens with zero attached hydrogens (tertiary/aromatic N) is 2. The molecule has 1 saturated heterocycles. The van der Waals surface area contributed by atoms with Gasteiger partial charge in [-0.1, -0.05) is 67.4 Å². The number of alkyl halides is 3. The summed E-state index contributed by atoms with van der Waals surface area (Å²) in [5, 5.41) is 12.6. The van der Waals surface area contributed by atoms with Crippen molar-refractivity contribution in [3.63, 3.8) is 0 Å². The quantitative estimate of drug-likeness (QED) is 0.203. The summed E-state index contributed by atoms with van der Waals surface area (Å²) in [6.45, 7) is 24.0. The Balaban J connectivity index is 0.00000168. The molecule has 0 saturated carbocycles. The lowest BCUT2D eigenvalue weighted by atomic mass is 9.87. The Morgan fingerprint density at radius 2 is 1.75 bits per heavy atom. The van der Waals surface area contributed by atoms with Gasteiger partial charge in [-0.2, -0.15) is 0 Å². The maximum atomic E-state index is 12.9. The number of aryl methyl sites for hydroxylation is 2. The summed E-state index contributed by atoms with van der Waals surface area (Å²) < 4.78 is 53.7. The second kappa shape index (κ2) is 22.0. The third-order valence-corrected chi connectivity index (χ3v) is 7.37. The van der Waals surface area contributed by atoms with Crippen LogP contribution in [0.4, 0.5) is 18.0 Å². The van der Waals surface area contributed by atoms with Crippen molar-refractivity contribution in [3.8, 4) is 11.5 Å². The number of amides is 2. The number of carboxylic acids is 1. The molecule has 1 aromatic carbocycles. The number of nitrogens with one attached hydrogen (secondary N) is 1. The van der Waals surface area contributed by atoms with Crippen LogP contribution in [0.1, 0.15) is 119 Å². The predicted molar refractivity (Wildman–Crippen MR) is 195 cm³/mol. The number of carbonyl (C=O) groups is 3. The summed E-state index contributed by atoms with van der Waals surface area (Å²) in [4.78, 5) is 42.5. The molecule has 0 bridgehead atoms. The van der Waals surface area contributed by atoms with Gasteiger partial charge in [-0.05, 0) is 71.6 Å². The monoisotopic (exact) mass is 727 g/mol.